The lowest BCUT2D eigenvalue weighted by atomic mass is 10.1. The molecule has 0 aliphatic carbocycles. The Morgan fingerprint density at radius 3 is 2.48 bits per heavy atom. The fraction of sp³-hybridized carbons (Fsp3) is 0.125. The van der Waals surface area contributed by atoms with E-state index in [4.69, 9.17) is 10.5 Å². The van der Waals surface area contributed by atoms with Crippen LogP contribution in [0.15, 0.2) is 48.5 Å². The maximum atomic E-state index is 12.1. The summed E-state index contributed by atoms with van der Waals surface area (Å²) in [6, 6.07) is 13.9. The number of carbonyl (C=O) groups is 2. The Bertz CT molecular complexity index is 651. The molecule has 0 bridgehead atoms. The van der Waals surface area contributed by atoms with Crippen molar-refractivity contribution >= 4 is 17.5 Å². The number of rotatable bonds is 5. The third-order valence-corrected chi connectivity index (χ3v) is 2.92. The molecule has 2 aromatic carbocycles. The number of primary amides is 1. The van der Waals surface area contributed by atoms with Gasteiger partial charge in [0.1, 0.15) is 5.75 Å². The number of hydrogen-bond donors (Lipinski definition) is 2. The molecule has 0 heterocycles. The molecule has 2 aromatic rings. The van der Waals surface area contributed by atoms with Crippen LogP contribution in [-0.2, 0) is 11.2 Å². The van der Waals surface area contributed by atoms with E-state index in [1.165, 1.54) is 0 Å². The van der Waals surface area contributed by atoms with Crippen molar-refractivity contribution in [3.05, 3.63) is 59.7 Å². The van der Waals surface area contributed by atoms with Gasteiger partial charge >= 0.3 is 0 Å². The summed E-state index contributed by atoms with van der Waals surface area (Å²) in [6.45, 7) is 0. The third-order valence-electron chi connectivity index (χ3n) is 2.92. The summed E-state index contributed by atoms with van der Waals surface area (Å²) in [5.41, 5.74) is 7.09. The van der Waals surface area contributed by atoms with E-state index in [2.05, 4.69) is 5.32 Å². The number of anilines is 1. The predicted octanol–water partition coefficient (Wildman–Crippen LogP) is 1.98. The van der Waals surface area contributed by atoms with Crippen molar-refractivity contribution in [1.82, 2.24) is 0 Å². The Hall–Kier alpha value is -2.82. The average Bonchev–Trinajstić information content (AvgIpc) is 2.49. The molecule has 2 amide bonds. The van der Waals surface area contributed by atoms with Gasteiger partial charge in [-0.1, -0.05) is 18.2 Å². The molecule has 0 atom stereocenters. The van der Waals surface area contributed by atoms with E-state index in [1.807, 2.05) is 0 Å². The number of benzene rings is 2. The Morgan fingerprint density at radius 1 is 1.14 bits per heavy atom. The van der Waals surface area contributed by atoms with Crippen LogP contribution in [0.4, 0.5) is 5.69 Å². The highest BCUT2D eigenvalue weighted by atomic mass is 16.5. The highest BCUT2D eigenvalue weighted by molar-refractivity contribution is 6.04. The highest BCUT2D eigenvalue weighted by Gasteiger charge is 2.07. The SMILES string of the molecule is COc1cccc(C(=O)Nc2ccc(CC(N)=O)cc2)c1. The van der Waals surface area contributed by atoms with E-state index in [1.54, 1.807) is 55.6 Å². The van der Waals surface area contributed by atoms with Crippen LogP contribution in [0, 0.1) is 0 Å². The molecule has 108 valence electrons. The summed E-state index contributed by atoms with van der Waals surface area (Å²) in [4.78, 5) is 22.9. The number of amides is 2. The molecule has 3 N–H and O–H groups in total. The Balaban J connectivity index is 2.06. The van der Waals surface area contributed by atoms with Gasteiger partial charge in [-0.25, -0.2) is 0 Å². The van der Waals surface area contributed by atoms with Crippen LogP contribution >= 0.6 is 0 Å². The molecule has 2 rings (SSSR count). The summed E-state index contributed by atoms with van der Waals surface area (Å²) < 4.78 is 5.08. The molecule has 0 fully saturated rings. The van der Waals surface area contributed by atoms with Gasteiger partial charge in [-0.2, -0.15) is 0 Å². The molecule has 0 saturated carbocycles. The first-order chi connectivity index (χ1) is 10.1. The first-order valence-electron chi connectivity index (χ1n) is 6.41. The zero-order valence-electron chi connectivity index (χ0n) is 11.6. The molecule has 0 unspecified atom stereocenters. The van der Waals surface area contributed by atoms with E-state index in [0.29, 0.717) is 17.0 Å². The molecule has 0 saturated heterocycles. The predicted molar refractivity (Wildman–Crippen MR) is 80.3 cm³/mol. The maximum Gasteiger partial charge on any atom is 0.255 e. The molecular formula is C16H16N2O3. The largest absolute Gasteiger partial charge is 0.497 e. The fourth-order valence-electron chi connectivity index (χ4n) is 1.87. The van der Waals surface area contributed by atoms with Crippen LogP contribution in [0.3, 0.4) is 0 Å². The van der Waals surface area contributed by atoms with Crippen molar-refractivity contribution in [3.8, 4) is 5.75 Å². The van der Waals surface area contributed by atoms with Crippen molar-refractivity contribution in [2.24, 2.45) is 5.73 Å². The van der Waals surface area contributed by atoms with Crippen LogP contribution < -0.4 is 15.8 Å². The second kappa shape index (κ2) is 6.56. The van der Waals surface area contributed by atoms with Gasteiger partial charge in [0.05, 0.1) is 13.5 Å². The third kappa shape index (κ3) is 4.07. The number of carbonyl (C=O) groups excluding carboxylic acids is 2. The highest BCUT2D eigenvalue weighted by Crippen LogP contribution is 2.15. The minimum absolute atomic E-state index is 0.185. The van der Waals surface area contributed by atoms with Crippen molar-refractivity contribution in [2.75, 3.05) is 12.4 Å². The Morgan fingerprint density at radius 2 is 1.86 bits per heavy atom. The first-order valence-corrected chi connectivity index (χ1v) is 6.41. The van der Waals surface area contributed by atoms with Crippen LogP contribution in [0.5, 0.6) is 5.75 Å². The normalized spacial score (nSPS) is 9.95. The summed E-state index contributed by atoms with van der Waals surface area (Å²) in [5, 5.41) is 2.78. The van der Waals surface area contributed by atoms with Gasteiger partial charge in [0.15, 0.2) is 0 Å². The monoisotopic (exact) mass is 284 g/mol. The van der Waals surface area contributed by atoms with Gasteiger partial charge < -0.3 is 15.8 Å². The van der Waals surface area contributed by atoms with E-state index in [9.17, 15) is 9.59 Å². The Labute approximate surface area is 122 Å². The average molecular weight is 284 g/mol. The smallest absolute Gasteiger partial charge is 0.255 e. The molecule has 0 aliphatic heterocycles. The zero-order chi connectivity index (χ0) is 15.2. The van der Waals surface area contributed by atoms with Crippen LogP contribution in [0.2, 0.25) is 0 Å². The molecule has 0 aliphatic rings. The number of nitrogens with two attached hydrogens (primary N) is 1. The summed E-state index contributed by atoms with van der Waals surface area (Å²) in [6.07, 6.45) is 0.185. The van der Waals surface area contributed by atoms with Crippen LogP contribution in [0.25, 0.3) is 0 Å². The van der Waals surface area contributed by atoms with E-state index in [0.717, 1.165) is 5.56 Å². The summed E-state index contributed by atoms with van der Waals surface area (Å²) >= 11 is 0. The quantitative estimate of drug-likeness (QED) is 0.880. The molecule has 21 heavy (non-hydrogen) atoms. The molecule has 0 aromatic heterocycles. The number of nitrogens with one attached hydrogen (secondary N) is 1. The summed E-state index contributed by atoms with van der Waals surface area (Å²) in [5.74, 6) is 0.0131. The second-order valence-corrected chi connectivity index (χ2v) is 4.53. The van der Waals surface area contributed by atoms with Crippen LogP contribution in [-0.4, -0.2) is 18.9 Å². The minimum Gasteiger partial charge on any atom is -0.497 e. The van der Waals surface area contributed by atoms with Gasteiger partial charge in [-0.15, -0.1) is 0 Å². The molecule has 5 nitrogen and oxygen atoms in total. The fourth-order valence-corrected chi connectivity index (χ4v) is 1.87. The number of ether oxygens (including phenoxy) is 1. The molecule has 0 spiro atoms. The molecular weight excluding hydrogens is 268 g/mol. The van der Waals surface area contributed by atoms with Gasteiger partial charge in [0.2, 0.25) is 5.91 Å². The molecule has 0 radical (unpaired) electrons. The standard InChI is InChI=1S/C16H16N2O3/c1-21-14-4-2-3-12(10-14)16(20)18-13-7-5-11(6-8-13)9-15(17)19/h2-8,10H,9H2,1H3,(H2,17,19)(H,18,20). The van der Waals surface area contributed by atoms with Crippen molar-refractivity contribution in [3.63, 3.8) is 0 Å². The zero-order valence-corrected chi connectivity index (χ0v) is 11.6. The number of methoxy groups -OCH3 is 1. The molecule has 5 heteroatoms. The number of hydrogen-bond acceptors (Lipinski definition) is 3. The van der Waals surface area contributed by atoms with E-state index in [-0.39, 0.29) is 18.2 Å². The topological polar surface area (TPSA) is 81.4 Å². The van der Waals surface area contributed by atoms with Gasteiger partial charge in [0.25, 0.3) is 5.91 Å². The van der Waals surface area contributed by atoms with Gasteiger partial charge in [0, 0.05) is 11.3 Å². The maximum absolute atomic E-state index is 12.1. The summed E-state index contributed by atoms with van der Waals surface area (Å²) in [7, 11) is 1.55. The van der Waals surface area contributed by atoms with E-state index < -0.39 is 0 Å². The Kier molecular flexibility index (Phi) is 4.56. The van der Waals surface area contributed by atoms with Gasteiger partial charge in [-0.3, -0.25) is 9.59 Å². The van der Waals surface area contributed by atoms with Crippen molar-refractivity contribution in [2.45, 2.75) is 6.42 Å². The van der Waals surface area contributed by atoms with Crippen molar-refractivity contribution < 1.29 is 14.3 Å². The minimum atomic E-state index is -0.386. The van der Waals surface area contributed by atoms with E-state index >= 15 is 0 Å². The first kappa shape index (κ1) is 14.6. The lowest BCUT2D eigenvalue weighted by molar-refractivity contribution is -0.117. The second-order valence-electron chi connectivity index (χ2n) is 4.53. The lowest BCUT2D eigenvalue weighted by Crippen LogP contribution is -2.14. The lowest BCUT2D eigenvalue weighted by Gasteiger charge is -2.07. The van der Waals surface area contributed by atoms with Crippen LogP contribution in [0.1, 0.15) is 15.9 Å². The van der Waals surface area contributed by atoms with Crippen molar-refractivity contribution in [1.29, 1.82) is 0 Å². The van der Waals surface area contributed by atoms with Gasteiger partial charge in [-0.05, 0) is 35.9 Å².